The molecule has 1 saturated heterocycles. The third kappa shape index (κ3) is 3.74. The van der Waals surface area contributed by atoms with E-state index in [9.17, 15) is 14.7 Å². The molecule has 6 nitrogen and oxygen atoms in total. The van der Waals surface area contributed by atoms with Crippen LogP contribution in [0.3, 0.4) is 0 Å². The number of carbonyl (C=O) groups is 2. The lowest BCUT2D eigenvalue weighted by molar-refractivity contribution is -0.144. The van der Waals surface area contributed by atoms with E-state index >= 15 is 0 Å². The molecule has 0 aromatic rings. The lowest BCUT2D eigenvalue weighted by Crippen LogP contribution is -2.53. The zero-order valence-corrected chi connectivity index (χ0v) is 12.5. The number of carboxylic acids is 1. The van der Waals surface area contributed by atoms with Crippen molar-refractivity contribution in [2.45, 2.75) is 51.0 Å². The number of carboxylic acid groups (broad SMARTS) is 1. The lowest BCUT2D eigenvalue weighted by Gasteiger charge is -2.36. The van der Waals surface area contributed by atoms with E-state index in [2.05, 4.69) is 5.32 Å². The van der Waals surface area contributed by atoms with Crippen molar-refractivity contribution in [3.63, 3.8) is 0 Å². The first-order chi connectivity index (χ1) is 10.1. The molecule has 2 unspecified atom stereocenters. The van der Waals surface area contributed by atoms with Crippen molar-refractivity contribution in [2.75, 3.05) is 19.8 Å². The average Bonchev–Trinajstić information content (AvgIpc) is 2.73. The van der Waals surface area contributed by atoms with Gasteiger partial charge in [0.2, 0.25) is 5.91 Å². The first-order valence-corrected chi connectivity index (χ1v) is 7.91. The summed E-state index contributed by atoms with van der Waals surface area (Å²) in [4.78, 5) is 24.1. The number of aliphatic carboxylic acids is 1. The standard InChI is InChI=1S/C15H26N2O4/c16-10-15(6-8-21-9-7-15)14(20)17-12-5-3-1-2-4-11(12)13(18)19/h11-12H,1-10,16H2,(H,17,20)(H,18,19). The van der Waals surface area contributed by atoms with Gasteiger partial charge in [0.05, 0.1) is 11.3 Å². The number of hydrogen-bond donors (Lipinski definition) is 3. The maximum atomic E-state index is 12.7. The highest BCUT2D eigenvalue weighted by Gasteiger charge is 2.41. The van der Waals surface area contributed by atoms with Crippen molar-refractivity contribution < 1.29 is 19.4 Å². The normalized spacial score (nSPS) is 29.4. The molecule has 2 fully saturated rings. The maximum Gasteiger partial charge on any atom is 0.308 e. The Morgan fingerprint density at radius 3 is 2.48 bits per heavy atom. The highest BCUT2D eigenvalue weighted by atomic mass is 16.5. The summed E-state index contributed by atoms with van der Waals surface area (Å²) in [5.41, 5.74) is 5.25. The molecule has 0 aromatic heterocycles. The molecule has 2 atom stereocenters. The molecule has 1 amide bonds. The van der Waals surface area contributed by atoms with Crippen LogP contribution in [-0.4, -0.2) is 42.8 Å². The van der Waals surface area contributed by atoms with Crippen LogP contribution in [0.25, 0.3) is 0 Å². The molecule has 0 spiro atoms. The minimum Gasteiger partial charge on any atom is -0.481 e. The van der Waals surface area contributed by atoms with Gasteiger partial charge in [-0.05, 0) is 25.7 Å². The van der Waals surface area contributed by atoms with Gasteiger partial charge in [0.25, 0.3) is 0 Å². The van der Waals surface area contributed by atoms with Crippen molar-refractivity contribution in [2.24, 2.45) is 17.1 Å². The van der Waals surface area contributed by atoms with Crippen LogP contribution in [0.5, 0.6) is 0 Å². The molecule has 4 N–H and O–H groups in total. The zero-order chi connectivity index (χ0) is 15.3. The molecule has 6 heteroatoms. The Morgan fingerprint density at radius 1 is 1.19 bits per heavy atom. The predicted molar refractivity (Wildman–Crippen MR) is 77.7 cm³/mol. The van der Waals surface area contributed by atoms with Gasteiger partial charge in [-0.2, -0.15) is 0 Å². The number of nitrogens with two attached hydrogens (primary N) is 1. The summed E-state index contributed by atoms with van der Waals surface area (Å²) >= 11 is 0. The number of rotatable bonds is 4. The van der Waals surface area contributed by atoms with E-state index in [4.69, 9.17) is 10.5 Å². The van der Waals surface area contributed by atoms with Gasteiger partial charge in [-0.15, -0.1) is 0 Å². The summed E-state index contributed by atoms with van der Waals surface area (Å²) < 4.78 is 5.32. The maximum absolute atomic E-state index is 12.7. The van der Waals surface area contributed by atoms with Crippen LogP contribution in [0.2, 0.25) is 0 Å². The smallest absolute Gasteiger partial charge is 0.308 e. The molecule has 0 radical (unpaired) electrons. The number of ether oxygens (including phenoxy) is 1. The monoisotopic (exact) mass is 298 g/mol. The molecule has 2 rings (SSSR count). The Bertz CT molecular complexity index is 380. The molecular formula is C15H26N2O4. The van der Waals surface area contributed by atoms with Gasteiger partial charge < -0.3 is 20.9 Å². The summed E-state index contributed by atoms with van der Waals surface area (Å²) in [6, 6.07) is -0.274. The Morgan fingerprint density at radius 2 is 1.86 bits per heavy atom. The van der Waals surface area contributed by atoms with Crippen LogP contribution in [0.1, 0.15) is 44.9 Å². The number of carbonyl (C=O) groups excluding carboxylic acids is 1. The summed E-state index contributed by atoms with van der Waals surface area (Å²) in [7, 11) is 0. The van der Waals surface area contributed by atoms with E-state index in [1.54, 1.807) is 0 Å². The molecule has 1 aliphatic carbocycles. The predicted octanol–water partition coefficient (Wildman–Crippen LogP) is 0.892. The molecular weight excluding hydrogens is 272 g/mol. The van der Waals surface area contributed by atoms with Gasteiger partial charge in [0, 0.05) is 25.8 Å². The van der Waals surface area contributed by atoms with Crippen LogP contribution in [0.15, 0.2) is 0 Å². The third-order valence-corrected chi connectivity index (χ3v) is 4.97. The summed E-state index contributed by atoms with van der Waals surface area (Å²) in [5, 5.41) is 12.4. The number of hydrogen-bond acceptors (Lipinski definition) is 4. The molecule has 1 saturated carbocycles. The largest absolute Gasteiger partial charge is 0.481 e. The van der Waals surface area contributed by atoms with Gasteiger partial charge in [-0.3, -0.25) is 9.59 Å². The highest BCUT2D eigenvalue weighted by molar-refractivity contribution is 5.84. The van der Waals surface area contributed by atoms with Gasteiger partial charge in [0.1, 0.15) is 0 Å². The van der Waals surface area contributed by atoms with Crippen molar-refractivity contribution >= 4 is 11.9 Å². The summed E-state index contributed by atoms with van der Waals surface area (Å²) in [6.45, 7) is 1.36. The zero-order valence-electron chi connectivity index (χ0n) is 12.5. The van der Waals surface area contributed by atoms with E-state index < -0.39 is 17.3 Å². The Hall–Kier alpha value is -1.14. The molecule has 0 aromatic carbocycles. The molecule has 120 valence electrons. The molecule has 21 heavy (non-hydrogen) atoms. The fourth-order valence-corrected chi connectivity index (χ4v) is 3.38. The Labute approximate surface area is 125 Å². The van der Waals surface area contributed by atoms with Crippen molar-refractivity contribution in [3.05, 3.63) is 0 Å². The van der Waals surface area contributed by atoms with Crippen LogP contribution in [0, 0.1) is 11.3 Å². The van der Waals surface area contributed by atoms with Crippen LogP contribution >= 0.6 is 0 Å². The van der Waals surface area contributed by atoms with Crippen molar-refractivity contribution in [3.8, 4) is 0 Å². The lowest BCUT2D eigenvalue weighted by atomic mass is 9.78. The Kier molecular flexibility index (Phi) is 5.58. The molecule has 0 bridgehead atoms. The number of amides is 1. The first kappa shape index (κ1) is 16.2. The Balaban J connectivity index is 2.06. The molecule has 1 aliphatic heterocycles. The van der Waals surface area contributed by atoms with Crippen molar-refractivity contribution in [1.29, 1.82) is 0 Å². The second kappa shape index (κ2) is 7.22. The van der Waals surface area contributed by atoms with Crippen molar-refractivity contribution in [1.82, 2.24) is 5.32 Å². The van der Waals surface area contributed by atoms with E-state index in [1.165, 1.54) is 0 Å². The van der Waals surface area contributed by atoms with Gasteiger partial charge >= 0.3 is 5.97 Å². The van der Waals surface area contributed by atoms with Crippen LogP contribution in [0.4, 0.5) is 0 Å². The SMILES string of the molecule is NCC1(C(=O)NC2CCCCCC2C(=O)O)CCOCC1. The molecule has 2 aliphatic rings. The first-order valence-electron chi connectivity index (χ1n) is 7.91. The van der Waals surface area contributed by atoms with E-state index in [-0.39, 0.29) is 18.5 Å². The quantitative estimate of drug-likeness (QED) is 0.669. The van der Waals surface area contributed by atoms with E-state index in [0.717, 1.165) is 25.7 Å². The minimum absolute atomic E-state index is 0.0912. The second-order valence-corrected chi connectivity index (χ2v) is 6.26. The van der Waals surface area contributed by atoms with Gasteiger partial charge in [0.15, 0.2) is 0 Å². The molecule has 1 heterocycles. The van der Waals surface area contributed by atoms with Gasteiger partial charge in [-0.25, -0.2) is 0 Å². The van der Waals surface area contributed by atoms with Crippen LogP contribution < -0.4 is 11.1 Å². The number of nitrogens with one attached hydrogen (secondary N) is 1. The third-order valence-electron chi connectivity index (χ3n) is 4.97. The minimum atomic E-state index is -0.809. The highest BCUT2D eigenvalue weighted by Crippen LogP contribution is 2.31. The fourth-order valence-electron chi connectivity index (χ4n) is 3.38. The average molecular weight is 298 g/mol. The summed E-state index contributed by atoms with van der Waals surface area (Å²) in [6.07, 6.45) is 5.51. The van der Waals surface area contributed by atoms with E-state index in [0.29, 0.717) is 32.5 Å². The van der Waals surface area contributed by atoms with E-state index in [1.807, 2.05) is 0 Å². The fraction of sp³-hybridized carbons (Fsp3) is 0.867. The van der Waals surface area contributed by atoms with Crippen LogP contribution in [-0.2, 0) is 14.3 Å². The topological polar surface area (TPSA) is 102 Å². The van der Waals surface area contributed by atoms with Gasteiger partial charge in [-0.1, -0.05) is 19.3 Å². The second-order valence-electron chi connectivity index (χ2n) is 6.26. The summed E-state index contributed by atoms with van der Waals surface area (Å²) in [5.74, 6) is -1.38.